The van der Waals surface area contributed by atoms with Crippen molar-refractivity contribution < 1.29 is 14.3 Å². The fraction of sp³-hybridized carbons (Fsp3) is 0.417. The monoisotopic (exact) mass is 303 g/mol. The van der Waals surface area contributed by atoms with Crippen LogP contribution in [0.5, 0.6) is 0 Å². The lowest BCUT2D eigenvalue weighted by Gasteiger charge is -2.15. The summed E-state index contributed by atoms with van der Waals surface area (Å²) in [6, 6.07) is 4.25. The average Bonchev–Trinajstić information content (AvgIpc) is 2.29. The van der Waals surface area contributed by atoms with Gasteiger partial charge in [0.25, 0.3) is 5.91 Å². The van der Waals surface area contributed by atoms with Gasteiger partial charge in [-0.25, -0.2) is 4.39 Å². The Hall–Kier alpha value is -0.940. The molecule has 1 rings (SSSR count). The Labute approximate surface area is 108 Å². The molecule has 5 heteroatoms. The minimum atomic E-state index is -0.605. The molecule has 0 aliphatic heterocycles. The molecule has 0 bridgehead atoms. The maximum Gasteiger partial charge on any atom is 0.252 e. The second-order valence-electron chi connectivity index (χ2n) is 4.12. The number of benzene rings is 1. The highest BCUT2D eigenvalue weighted by molar-refractivity contribution is 9.10. The minimum absolute atomic E-state index is 0.0613. The summed E-state index contributed by atoms with van der Waals surface area (Å²) < 4.78 is 13.3. The highest BCUT2D eigenvalue weighted by Gasteiger charge is 2.15. The summed E-state index contributed by atoms with van der Waals surface area (Å²) in [4.78, 5) is 11.7. The molecule has 3 nitrogen and oxygen atoms in total. The lowest BCUT2D eigenvalue weighted by atomic mass is 10.1. The normalized spacial score (nSPS) is 12.6. The fourth-order valence-corrected chi connectivity index (χ4v) is 1.65. The molecule has 1 aromatic carbocycles. The van der Waals surface area contributed by atoms with Gasteiger partial charge in [0.05, 0.1) is 16.1 Å². The molecule has 1 amide bonds. The number of carbonyl (C=O) groups is 1. The average molecular weight is 304 g/mol. The van der Waals surface area contributed by atoms with Gasteiger partial charge in [-0.05, 0) is 34.0 Å². The van der Waals surface area contributed by atoms with Gasteiger partial charge in [0.1, 0.15) is 5.82 Å². The van der Waals surface area contributed by atoms with Gasteiger partial charge in [-0.3, -0.25) is 4.79 Å². The van der Waals surface area contributed by atoms with Crippen LogP contribution < -0.4 is 5.32 Å². The van der Waals surface area contributed by atoms with Gasteiger partial charge in [-0.2, -0.15) is 0 Å². The van der Waals surface area contributed by atoms with Crippen molar-refractivity contribution in [3.05, 3.63) is 34.1 Å². The Kier molecular flexibility index (Phi) is 5.08. The summed E-state index contributed by atoms with van der Waals surface area (Å²) in [7, 11) is 0. The van der Waals surface area contributed by atoms with Gasteiger partial charge in [0.15, 0.2) is 0 Å². The third-order valence-electron chi connectivity index (χ3n) is 2.44. The smallest absolute Gasteiger partial charge is 0.252 e. The largest absolute Gasteiger partial charge is 0.391 e. The van der Waals surface area contributed by atoms with E-state index >= 15 is 0 Å². The van der Waals surface area contributed by atoms with Crippen molar-refractivity contribution in [2.75, 3.05) is 6.54 Å². The van der Waals surface area contributed by atoms with Crippen LogP contribution in [-0.2, 0) is 0 Å². The Morgan fingerprint density at radius 1 is 1.53 bits per heavy atom. The molecule has 0 spiro atoms. The van der Waals surface area contributed by atoms with E-state index in [1.807, 2.05) is 13.8 Å². The van der Waals surface area contributed by atoms with Crippen LogP contribution in [0, 0.1) is 11.7 Å². The number of hydrogen-bond acceptors (Lipinski definition) is 2. The van der Waals surface area contributed by atoms with Gasteiger partial charge < -0.3 is 10.4 Å². The van der Waals surface area contributed by atoms with Gasteiger partial charge in [0, 0.05) is 6.54 Å². The lowest BCUT2D eigenvalue weighted by Crippen LogP contribution is -2.34. The quantitative estimate of drug-likeness (QED) is 0.897. The SMILES string of the molecule is CC(C)C(O)CNC(=O)c1cccc(F)c1Br. The molecule has 0 fully saturated rings. The van der Waals surface area contributed by atoms with Crippen molar-refractivity contribution in [2.45, 2.75) is 20.0 Å². The third-order valence-corrected chi connectivity index (χ3v) is 3.24. The zero-order valence-electron chi connectivity index (χ0n) is 9.71. The number of amides is 1. The van der Waals surface area contributed by atoms with Crippen molar-refractivity contribution in [1.29, 1.82) is 0 Å². The van der Waals surface area contributed by atoms with Crippen LogP contribution in [0.4, 0.5) is 4.39 Å². The summed E-state index contributed by atoms with van der Waals surface area (Å²) in [5, 5.41) is 12.1. The zero-order chi connectivity index (χ0) is 13.0. The first-order valence-electron chi connectivity index (χ1n) is 5.33. The van der Waals surface area contributed by atoms with Crippen molar-refractivity contribution in [3.63, 3.8) is 0 Å². The summed E-state index contributed by atoms with van der Waals surface area (Å²) in [6.07, 6.45) is -0.605. The molecule has 0 saturated carbocycles. The van der Waals surface area contributed by atoms with Gasteiger partial charge in [0.2, 0.25) is 0 Å². The fourth-order valence-electron chi connectivity index (χ4n) is 1.21. The van der Waals surface area contributed by atoms with Crippen LogP contribution in [0.3, 0.4) is 0 Å². The van der Waals surface area contributed by atoms with Crippen molar-refractivity contribution in [3.8, 4) is 0 Å². The van der Waals surface area contributed by atoms with E-state index in [0.717, 1.165) is 0 Å². The molecule has 1 atom stereocenters. The second kappa shape index (κ2) is 6.12. The molecule has 0 saturated heterocycles. The standard InChI is InChI=1S/C12H15BrFNO2/c1-7(2)10(16)6-15-12(17)8-4-3-5-9(14)11(8)13/h3-5,7,10,16H,6H2,1-2H3,(H,15,17). The molecule has 0 aromatic heterocycles. The molecule has 94 valence electrons. The number of aliphatic hydroxyl groups is 1. The van der Waals surface area contributed by atoms with Crippen LogP contribution in [0.1, 0.15) is 24.2 Å². The summed E-state index contributed by atoms with van der Waals surface area (Å²) in [5.41, 5.74) is 0.223. The first-order chi connectivity index (χ1) is 7.93. The van der Waals surface area contributed by atoms with Crippen LogP contribution in [0.2, 0.25) is 0 Å². The number of aliphatic hydroxyl groups excluding tert-OH is 1. The summed E-state index contributed by atoms with van der Waals surface area (Å²) in [6.45, 7) is 3.86. The highest BCUT2D eigenvalue weighted by atomic mass is 79.9. The molecule has 0 radical (unpaired) electrons. The number of nitrogens with one attached hydrogen (secondary N) is 1. The van der Waals surface area contributed by atoms with Crippen molar-refractivity contribution >= 4 is 21.8 Å². The third kappa shape index (κ3) is 3.78. The second-order valence-corrected chi connectivity index (χ2v) is 4.92. The number of carbonyl (C=O) groups excluding carboxylic acids is 1. The molecule has 1 unspecified atom stereocenters. The van der Waals surface area contributed by atoms with Crippen LogP contribution in [-0.4, -0.2) is 23.7 Å². The van der Waals surface area contributed by atoms with Crippen molar-refractivity contribution in [1.82, 2.24) is 5.32 Å². The lowest BCUT2D eigenvalue weighted by molar-refractivity contribution is 0.0870. The van der Waals surface area contributed by atoms with E-state index in [9.17, 15) is 14.3 Å². The van der Waals surface area contributed by atoms with E-state index in [0.29, 0.717) is 0 Å². The first-order valence-corrected chi connectivity index (χ1v) is 6.13. The molecule has 0 aliphatic carbocycles. The van der Waals surface area contributed by atoms with E-state index in [1.165, 1.54) is 18.2 Å². The molecule has 0 aliphatic rings. The first kappa shape index (κ1) is 14.1. The topological polar surface area (TPSA) is 49.3 Å². The number of hydrogen-bond donors (Lipinski definition) is 2. The van der Waals surface area contributed by atoms with Gasteiger partial charge >= 0.3 is 0 Å². The molecular weight excluding hydrogens is 289 g/mol. The molecule has 1 aromatic rings. The number of halogens is 2. The summed E-state index contributed by atoms with van der Waals surface area (Å²) >= 11 is 3.02. The Morgan fingerprint density at radius 3 is 2.76 bits per heavy atom. The Morgan fingerprint density at radius 2 is 2.18 bits per heavy atom. The maximum absolute atomic E-state index is 13.2. The minimum Gasteiger partial charge on any atom is -0.391 e. The van der Waals surface area contributed by atoms with Crippen LogP contribution >= 0.6 is 15.9 Å². The zero-order valence-corrected chi connectivity index (χ0v) is 11.3. The van der Waals surface area contributed by atoms with E-state index < -0.39 is 17.8 Å². The predicted molar refractivity (Wildman–Crippen MR) is 67.3 cm³/mol. The van der Waals surface area contributed by atoms with Gasteiger partial charge in [-0.15, -0.1) is 0 Å². The van der Waals surface area contributed by atoms with Crippen molar-refractivity contribution in [2.24, 2.45) is 5.92 Å². The van der Waals surface area contributed by atoms with E-state index in [4.69, 9.17) is 0 Å². The molecule has 2 N–H and O–H groups in total. The van der Waals surface area contributed by atoms with E-state index in [1.54, 1.807) is 0 Å². The van der Waals surface area contributed by atoms with Crippen LogP contribution in [0.25, 0.3) is 0 Å². The maximum atomic E-state index is 13.2. The molecular formula is C12H15BrFNO2. The van der Waals surface area contributed by atoms with Gasteiger partial charge in [-0.1, -0.05) is 19.9 Å². The molecule has 0 heterocycles. The Bertz CT molecular complexity index is 409. The highest BCUT2D eigenvalue weighted by Crippen LogP contribution is 2.20. The number of rotatable bonds is 4. The Balaban J connectivity index is 2.68. The molecule has 17 heavy (non-hydrogen) atoms. The summed E-state index contributed by atoms with van der Waals surface area (Å²) in [5.74, 6) is -0.829. The predicted octanol–water partition coefficient (Wildman–Crippen LogP) is 2.33. The van der Waals surface area contributed by atoms with E-state index in [-0.39, 0.29) is 22.5 Å². The van der Waals surface area contributed by atoms with E-state index in [2.05, 4.69) is 21.2 Å². The van der Waals surface area contributed by atoms with Crippen LogP contribution in [0.15, 0.2) is 22.7 Å².